The molecule has 0 fully saturated rings. The predicted octanol–water partition coefficient (Wildman–Crippen LogP) is 3.30. The van der Waals surface area contributed by atoms with Gasteiger partial charge in [-0.3, -0.25) is 0 Å². The van der Waals surface area contributed by atoms with E-state index in [1.54, 1.807) is 0 Å². The number of hydrogen-bond donors (Lipinski definition) is 1. The van der Waals surface area contributed by atoms with Crippen molar-refractivity contribution < 1.29 is 4.74 Å². The Labute approximate surface area is 127 Å². The number of aryl methyl sites for hydroxylation is 1. The molecule has 0 amide bonds. The topological polar surface area (TPSA) is 39.1 Å². The van der Waals surface area contributed by atoms with Crippen LogP contribution in [0, 0.1) is 0 Å². The van der Waals surface area contributed by atoms with Crippen LogP contribution in [0.3, 0.4) is 0 Å². The van der Waals surface area contributed by atoms with E-state index < -0.39 is 0 Å². The first-order chi connectivity index (χ1) is 10.3. The summed E-state index contributed by atoms with van der Waals surface area (Å²) in [4.78, 5) is 4.50. The third-order valence-electron chi connectivity index (χ3n) is 3.38. The summed E-state index contributed by atoms with van der Waals surface area (Å²) in [5.41, 5.74) is 1.19. The van der Waals surface area contributed by atoms with Crippen molar-refractivity contribution in [2.45, 2.75) is 32.7 Å². The van der Waals surface area contributed by atoms with Gasteiger partial charge in [-0.25, -0.2) is 4.98 Å². The van der Waals surface area contributed by atoms with Gasteiger partial charge in [-0.15, -0.1) is 0 Å². The second-order valence-electron chi connectivity index (χ2n) is 5.20. The van der Waals surface area contributed by atoms with E-state index in [2.05, 4.69) is 40.8 Å². The summed E-state index contributed by atoms with van der Waals surface area (Å²) < 4.78 is 7.81. The van der Waals surface area contributed by atoms with Gasteiger partial charge in [0.15, 0.2) is 0 Å². The molecule has 4 heteroatoms. The first kappa shape index (κ1) is 15.6. The second kappa shape index (κ2) is 7.84. The van der Waals surface area contributed by atoms with Crippen LogP contribution in [-0.2, 0) is 7.05 Å². The Kier molecular flexibility index (Phi) is 5.81. The van der Waals surface area contributed by atoms with Gasteiger partial charge in [0.25, 0.3) is 0 Å². The molecule has 0 aliphatic carbocycles. The Bertz CT molecular complexity index is 550. The monoisotopic (exact) mass is 287 g/mol. The van der Waals surface area contributed by atoms with Crippen LogP contribution < -0.4 is 10.1 Å². The second-order valence-corrected chi connectivity index (χ2v) is 5.20. The van der Waals surface area contributed by atoms with Crippen molar-refractivity contribution in [3.05, 3.63) is 48.0 Å². The lowest BCUT2D eigenvalue weighted by Crippen LogP contribution is -2.25. The number of benzene rings is 1. The van der Waals surface area contributed by atoms with E-state index in [0.717, 1.165) is 37.6 Å². The van der Waals surface area contributed by atoms with Crippen molar-refractivity contribution in [2.24, 2.45) is 7.05 Å². The van der Waals surface area contributed by atoms with Crippen LogP contribution in [0.15, 0.2) is 36.7 Å². The molecule has 0 spiro atoms. The molecule has 21 heavy (non-hydrogen) atoms. The molecule has 1 aromatic heterocycles. The van der Waals surface area contributed by atoms with Gasteiger partial charge in [-0.05, 0) is 37.1 Å². The highest BCUT2D eigenvalue weighted by Crippen LogP contribution is 2.24. The zero-order valence-electron chi connectivity index (χ0n) is 13.2. The number of nitrogens with zero attached hydrogens (tertiary/aromatic N) is 2. The molecule has 0 aliphatic heterocycles. The van der Waals surface area contributed by atoms with Crippen LogP contribution in [0.4, 0.5) is 0 Å². The molecule has 114 valence electrons. The molecule has 1 aromatic carbocycles. The number of nitrogens with one attached hydrogen (secondary N) is 1. The molecule has 0 bridgehead atoms. The zero-order chi connectivity index (χ0) is 15.1. The molecule has 0 saturated carbocycles. The lowest BCUT2D eigenvalue weighted by molar-refractivity contribution is 0.317. The highest BCUT2D eigenvalue weighted by atomic mass is 16.5. The summed E-state index contributed by atoms with van der Waals surface area (Å²) in [5.74, 6) is 1.95. The van der Waals surface area contributed by atoms with Crippen molar-refractivity contribution >= 4 is 0 Å². The molecule has 1 unspecified atom stereocenters. The number of ether oxygens (including phenoxy) is 1. The van der Waals surface area contributed by atoms with Crippen molar-refractivity contribution in [1.82, 2.24) is 14.9 Å². The van der Waals surface area contributed by atoms with Gasteiger partial charge in [-0.2, -0.15) is 0 Å². The zero-order valence-corrected chi connectivity index (χ0v) is 13.2. The number of aromatic nitrogens is 2. The molecule has 1 atom stereocenters. The highest BCUT2D eigenvalue weighted by molar-refractivity contribution is 5.33. The maximum atomic E-state index is 5.74. The smallest absolute Gasteiger partial charge is 0.130 e. The Morgan fingerprint density at radius 1 is 1.29 bits per heavy atom. The normalized spacial score (nSPS) is 12.3. The maximum Gasteiger partial charge on any atom is 0.130 e. The summed E-state index contributed by atoms with van der Waals surface area (Å²) >= 11 is 0. The van der Waals surface area contributed by atoms with Gasteiger partial charge in [-0.1, -0.05) is 26.0 Å². The van der Waals surface area contributed by atoms with Crippen LogP contribution in [-0.4, -0.2) is 22.7 Å². The Morgan fingerprint density at radius 2 is 2.14 bits per heavy atom. The Balaban J connectivity index is 2.26. The molecule has 4 nitrogen and oxygen atoms in total. The van der Waals surface area contributed by atoms with Gasteiger partial charge in [0.2, 0.25) is 0 Å². The Morgan fingerprint density at radius 3 is 2.81 bits per heavy atom. The van der Waals surface area contributed by atoms with Crippen molar-refractivity contribution in [3.63, 3.8) is 0 Å². The average molecular weight is 287 g/mol. The van der Waals surface area contributed by atoms with Crippen LogP contribution >= 0.6 is 0 Å². The largest absolute Gasteiger partial charge is 0.494 e. The van der Waals surface area contributed by atoms with Gasteiger partial charge < -0.3 is 14.6 Å². The number of imidazole rings is 1. The summed E-state index contributed by atoms with van der Waals surface area (Å²) in [5, 5.41) is 3.57. The minimum atomic E-state index is 0.0927. The molecular formula is C17H25N3O. The summed E-state index contributed by atoms with van der Waals surface area (Å²) in [6, 6.07) is 8.38. The van der Waals surface area contributed by atoms with Gasteiger partial charge in [0, 0.05) is 19.4 Å². The quantitative estimate of drug-likeness (QED) is 0.809. The van der Waals surface area contributed by atoms with Gasteiger partial charge in [0.1, 0.15) is 11.6 Å². The molecule has 0 saturated heterocycles. The third kappa shape index (κ3) is 4.08. The van der Waals surface area contributed by atoms with Gasteiger partial charge >= 0.3 is 0 Å². The molecule has 1 heterocycles. The summed E-state index contributed by atoms with van der Waals surface area (Å²) in [6.07, 6.45) is 5.93. The minimum Gasteiger partial charge on any atom is -0.494 e. The van der Waals surface area contributed by atoms with E-state index in [0.29, 0.717) is 0 Å². The van der Waals surface area contributed by atoms with Gasteiger partial charge in [0.05, 0.1) is 12.6 Å². The molecule has 0 radical (unpaired) electrons. The van der Waals surface area contributed by atoms with E-state index in [9.17, 15) is 0 Å². The van der Waals surface area contributed by atoms with E-state index in [1.165, 1.54) is 5.56 Å². The molecule has 2 aromatic rings. The van der Waals surface area contributed by atoms with Crippen LogP contribution in [0.1, 0.15) is 44.1 Å². The SMILES string of the molecule is CCCNC(c1cccc(OCCC)c1)c1nccn1C. The highest BCUT2D eigenvalue weighted by Gasteiger charge is 2.17. The van der Waals surface area contributed by atoms with Crippen LogP contribution in [0.25, 0.3) is 0 Å². The fourth-order valence-corrected chi connectivity index (χ4v) is 2.31. The van der Waals surface area contributed by atoms with Crippen molar-refractivity contribution in [3.8, 4) is 5.75 Å². The van der Waals surface area contributed by atoms with Crippen LogP contribution in [0.5, 0.6) is 5.75 Å². The van der Waals surface area contributed by atoms with Crippen molar-refractivity contribution in [2.75, 3.05) is 13.2 Å². The minimum absolute atomic E-state index is 0.0927. The number of rotatable bonds is 8. The molecule has 0 aliphatic rings. The van der Waals surface area contributed by atoms with Crippen LogP contribution in [0.2, 0.25) is 0 Å². The van der Waals surface area contributed by atoms with E-state index in [-0.39, 0.29) is 6.04 Å². The first-order valence-corrected chi connectivity index (χ1v) is 7.69. The lowest BCUT2D eigenvalue weighted by Gasteiger charge is -2.19. The first-order valence-electron chi connectivity index (χ1n) is 7.69. The summed E-state index contributed by atoms with van der Waals surface area (Å²) in [7, 11) is 2.03. The maximum absolute atomic E-state index is 5.74. The fraction of sp³-hybridized carbons (Fsp3) is 0.471. The van der Waals surface area contributed by atoms with E-state index in [1.807, 2.05) is 31.6 Å². The standard InChI is InChI=1S/C17H25N3O/c1-4-9-18-16(17-19-10-11-20(17)3)14-7-6-8-15(13-14)21-12-5-2/h6-8,10-11,13,16,18H,4-5,9,12H2,1-3H3. The predicted molar refractivity (Wildman–Crippen MR) is 85.6 cm³/mol. The molecule has 2 rings (SSSR count). The van der Waals surface area contributed by atoms with E-state index in [4.69, 9.17) is 4.74 Å². The summed E-state index contributed by atoms with van der Waals surface area (Å²) in [6.45, 7) is 5.99. The average Bonchev–Trinajstić information content (AvgIpc) is 2.92. The molecule has 1 N–H and O–H groups in total. The Hall–Kier alpha value is -1.81. The van der Waals surface area contributed by atoms with Crippen molar-refractivity contribution in [1.29, 1.82) is 0 Å². The third-order valence-corrected chi connectivity index (χ3v) is 3.38. The molecular weight excluding hydrogens is 262 g/mol. The number of hydrogen-bond acceptors (Lipinski definition) is 3. The fourth-order valence-electron chi connectivity index (χ4n) is 2.31. The van der Waals surface area contributed by atoms with E-state index >= 15 is 0 Å². The lowest BCUT2D eigenvalue weighted by atomic mass is 10.1.